The third-order valence-electron chi connectivity index (χ3n) is 3.33. The summed E-state index contributed by atoms with van der Waals surface area (Å²) >= 11 is 0. The monoisotopic (exact) mass is 320 g/mol. The lowest BCUT2D eigenvalue weighted by molar-refractivity contribution is -0.394. The average Bonchev–Trinajstić information content (AvgIpc) is 2.82. The summed E-state index contributed by atoms with van der Waals surface area (Å²) < 4.78 is 39.5. The van der Waals surface area contributed by atoms with Crippen LogP contribution in [-0.4, -0.2) is 29.0 Å². The van der Waals surface area contributed by atoms with Crippen LogP contribution in [0.3, 0.4) is 0 Å². The van der Waals surface area contributed by atoms with E-state index in [1.165, 1.54) is 0 Å². The number of benzene rings is 1. The van der Waals surface area contributed by atoms with Crippen LogP contribution in [0.4, 0.5) is 30.2 Å². The summed E-state index contributed by atoms with van der Waals surface area (Å²) in [4.78, 5) is 20.8. The molecule has 1 atom stereocenters. The molecule has 0 bridgehead atoms. The zero-order valence-corrected chi connectivity index (χ0v) is 11.0. The van der Waals surface area contributed by atoms with Crippen LogP contribution in [0, 0.1) is 20.2 Å². The van der Waals surface area contributed by atoms with Crippen LogP contribution in [0.2, 0.25) is 0 Å². The quantitative estimate of drug-likeness (QED) is 0.673. The molecule has 1 unspecified atom stereocenters. The zero-order valence-electron chi connectivity index (χ0n) is 11.0. The predicted molar refractivity (Wildman–Crippen MR) is 69.6 cm³/mol. The highest BCUT2D eigenvalue weighted by molar-refractivity contribution is 5.73. The van der Waals surface area contributed by atoms with Gasteiger partial charge >= 0.3 is 6.18 Å². The molecule has 2 rings (SSSR count). The van der Waals surface area contributed by atoms with E-state index in [2.05, 4.69) is 0 Å². The number of nitrogens with zero attached hydrogens (tertiary/aromatic N) is 3. The fraction of sp³-hybridized carbons (Fsp3) is 0.455. The molecule has 0 amide bonds. The predicted octanol–water partition coefficient (Wildman–Crippen LogP) is 2.06. The summed E-state index contributed by atoms with van der Waals surface area (Å²) in [7, 11) is 0. The van der Waals surface area contributed by atoms with Crippen LogP contribution < -0.4 is 10.6 Å². The Balaban J connectivity index is 2.71. The van der Waals surface area contributed by atoms with Gasteiger partial charge in [0.05, 0.1) is 21.5 Å². The van der Waals surface area contributed by atoms with Gasteiger partial charge in [-0.15, -0.1) is 0 Å². The Hall–Kier alpha value is -2.43. The van der Waals surface area contributed by atoms with Gasteiger partial charge in [0.25, 0.3) is 11.4 Å². The first-order valence-electron chi connectivity index (χ1n) is 6.16. The Morgan fingerprint density at radius 3 is 2.27 bits per heavy atom. The van der Waals surface area contributed by atoms with E-state index < -0.39 is 44.7 Å². The highest BCUT2D eigenvalue weighted by Gasteiger charge is 2.42. The molecule has 0 saturated carbocycles. The first-order valence-corrected chi connectivity index (χ1v) is 6.16. The summed E-state index contributed by atoms with van der Waals surface area (Å²) in [5, 5.41) is 21.8. The molecule has 1 fully saturated rings. The van der Waals surface area contributed by atoms with E-state index in [1.807, 2.05) is 0 Å². The molecule has 0 aliphatic carbocycles. The van der Waals surface area contributed by atoms with Crippen molar-refractivity contribution in [1.29, 1.82) is 0 Å². The van der Waals surface area contributed by atoms with Gasteiger partial charge in [0.15, 0.2) is 0 Å². The Kier molecular flexibility index (Phi) is 3.92. The molecule has 1 saturated heterocycles. The maximum Gasteiger partial charge on any atom is 0.418 e. The van der Waals surface area contributed by atoms with Crippen molar-refractivity contribution in [3.63, 3.8) is 0 Å². The van der Waals surface area contributed by atoms with Gasteiger partial charge in [0.2, 0.25) is 0 Å². The fourth-order valence-electron chi connectivity index (χ4n) is 2.39. The standard InChI is InChI=1S/C11H11F3N4O4/c12-11(13,14)8-3-7(17(19)20)4-9(18(21)22)10(8)16-2-1-6(15)5-16/h3-4,6H,1-2,5,15H2. The smallest absolute Gasteiger partial charge is 0.364 e. The number of halogens is 3. The summed E-state index contributed by atoms with van der Waals surface area (Å²) in [6.07, 6.45) is -4.58. The normalized spacial score (nSPS) is 18.5. The molecule has 2 N–H and O–H groups in total. The average molecular weight is 320 g/mol. The van der Waals surface area contributed by atoms with Crippen LogP contribution in [0.15, 0.2) is 12.1 Å². The zero-order chi connectivity index (χ0) is 16.7. The summed E-state index contributed by atoms with van der Waals surface area (Å²) in [5.74, 6) is 0. The molecule has 1 aromatic carbocycles. The van der Waals surface area contributed by atoms with Crippen molar-refractivity contribution in [2.24, 2.45) is 5.73 Å². The highest BCUT2D eigenvalue weighted by Crippen LogP contribution is 2.45. The number of anilines is 1. The minimum absolute atomic E-state index is 0.0156. The molecule has 1 aliphatic heterocycles. The van der Waals surface area contributed by atoms with E-state index in [1.54, 1.807) is 0 Å². The largest absolute Gasteiger partial charge is 0.418 e. The maximum absolute atomic E-state index is 13.2. The van der Waals surface area contributed by atoms with Crippen molar-refractivity contribution in [2.75, 3.05) is 18.0 Å². The van der Waals surface area contributed by atoms with Gasteiger partial charge in [0, 0.05) is 25.2 Å². The second-order valence-electron chi connectivity index (χ2n) is 4.87. The molecule has 1 aliphatic rings. The van der Waals surface area contributed by atoms with E-state index >= 15 is 0 Å². The number of nitrogens with two attached hydrogens (primary N) is 1. The van der Waals surface area contributed by atoms with Crippen LogP contribution in [0.1, 0.15) is 12.0 Å². The van der Waals surface area contributed by atoms with Gasteiger partial charge in [0.1, 0.15) is 5.69 Å². The lowest BCUT2D eigenvalue weighted by Gasteiger charge is -2.22. The number of hydrogen-bond donors (Lipinski definition) is 1. The molecule has 1 aromatic rings. The molecule has 0 radical (unpaired) electrons. The summed E-state index contributed by atoms with van der Waals surface area (Å²) in [6.45, 7) is 0.130. The van der Waals surface area contributed by atoms with Gasteiger partial charge in [-0.2, -0.15) is 13.2 Å². The fourth-order valence-corrected chi connectivity index (χ4v) is 2.39. The second kappa shape index (κ2) is 5.40. The van der Waals surface area contributed by atoms with Crippen molar-refractivity contribution >= 4 is 17.1 Å². The minimum Gasteiger partial charge on any atom is -0.364 e. The molecule has 0 spiro atoms. The molecule has 11 heteroatoms. The van der Waals surface area contributed by atoms with E-state index in [4.69, 9.17) is 5.73 Å². The van der Waals surface area contributed by atoms with Gasteiger partial charge in [-0.1, -0.05) is 0 Å². The molecule has 1 heterocycles. The van der Waals surface area contributed by atoms with Crippen molar-refractivity contribution in [3.8, 4) is 0 Å². The molecular weight excluding hydrogens is 309 g/mol. The van der Waals surface area contributed by atoms with Crippen LogP contribution in [-0.2, 0) is 6.18 Å². The first-order chi connectivity index (χ1) is 10.1. The van der Waals surface area contributed by atoms with Crippen molar-refractivity contribution < 1.29 is 23.0 Å². The molecule has 0 aromatic heterocycles. The van der Waals surface area contributed by atoms with Gasteiger partial charge in [-0.3, -0.25) is 20.2 Å². The van der Waals surface area contributed by atoms with E-state index in [-0.39, 0.29) is 13.1 Å². The summed E-state index contributed by atoms with van der Waals surface area (Å²) in [5.41, 5.74) is 1.63. The number of rotatable bonds is 3. The number of nitro groups is 2. The van der Waals surface area contributed by atoms with Crippen LogP contribution in [0.5, 0.6) is 0 Å². The number of non-ortho nitro benzene ring substituents is 1. The van der Waals surface area contributed by atoms with Crippen molar-refractivity contribution in [2.45, 2.75) is 18.6 Å². The lowest BCUT2D eigenvalue weighted by Crippen LogP contribution is -2.28. The topological polar surface area (TPSA) is 116 Å². The lowest BCUT2D eigenvalue weighted by atomic mass is 10.1. The van der Waals surface area contributed by atoms with Gasteiger partial charge in [-0.25, -0.2) is 0 Å². The Labute approximate surface area is 121 Å². The number of hydrogen-bond acceptors (Lipinski definition) is 6. The molecule has 120 valence electrons. The van der Waals surface area contributed by atoms with E-state index in [9.17, 15) is 33.4 Å². The third kappa shape index (κ3) is 2.93. The highest BCUT2D eigenvalue weighted by atomic mass is 19.4. The van der Waals surface area contributed by atoms with E-state index in [0.717, 1.165) is 4.90 Å². The third-order valence-corrected chi connectivity index (χ3v) is 3.33. The Morgan fingerprint density at radius 1 is 1.23 bits per heavy atom. The molecular formula is C11H11F3N4O4. The maximum atomic E-state index is 13.2. The van der Waals surface area contributed by atoms with Gasteiger partial charge < -0.3 is 10.6 Å². The van der Waals surface area contributed by atoms with Crippen LogP contribution >= 0.6 is 0 Å². The number of nitro benzene ring substituents is 2. The minimum atomic E-state index is -4.96. The van der Waals surface area contributed by atoms with Gasteiger partial charge in [-0.05, 0) is 6.42 Å². The Morgan fingerprint density at radius 2 is 1.86 bits per heavy atom. The Bertz CT molecular complexity index is 634. The number of alkyl halides is 3. The molecule has 22 heavy (non-hydrogen) atoms. The van der Waals surface area contributed by atoms with Crippen molar-refractivity contribution in [3.05, 3.63) is 37.9 Å². The summed E-state index contributed by atoms with van der Waals surface area (Å²) in [6, 6.07) is 0.441. The van der Waals surface area contributed by atoms with E-state index in [0.29, 0.717) is 18.6 Å². The van der Waals surface area contributed by atoms with Crippen LogP contribution in [0.25, 0.3) is 0 Å². The SMILES string of the molecule is NC1CCN(c2c([N+](=O)[O-])cc([N+](=O)[O-])cc2C(F)(F)F)C1. The first kappa shape index (κ1) is 15.9. The molecule has 8 nitrogen and oxygen atoms in total. The second-order valence-corrected chi connectivity index (χ2v) is 4.87. The van der Waals surface area contributed by atoms with Crippen molar-refractivity contribution in [1.82, 2.24) is 0 Å².